The van der Waals surface area contributed by atoms with E-state index < -0.39 is 0 Å². The summed E-state index contributed by atoms with van der Waals surface area (Å²) in [6.45, 7) is 7.80. The Morgan fingerprint density at radius 1 is 0.316 bits per heavy atom. The third kappa shape index (κ3) is 4.61. The molecule has 264 valence electrons. The number of fused-ring (bicyclic) bond motifs is 10. The number of nitrogens with zero attached hydrogens (tertiary/aromatic N) is 4. The third-order valence-corrected chi connectivity index (χ3v) is 11.8. The van der Waals surface area contributed by atoms with Crippen molar-refractivity contribution in [3.05, 3.63) is 206 Å². The summed E-state index contributed by atoms with van der Waals surface area (Å²) in [5.74, 6) is 0. The van der Waals surface area contributed by atoms with Crippen molar-refractivity contribution in [2.75, 3.05) is 0 Å². The molecule has 0 aliphatic rings. The van der Waals surface area contributed by atoms with Crippen LogP contribution in [0.2, 0.25) is 0 Å². The molecule has 9 aromatic carbocycles. The molecule has 0 aliphatic heterocycles. The molecular weight excluding hydrogens is 693 g/mol. The van der Waals surface area contributed by atoms with Crippen LogP contribution >= 0.6 is 0 Å². The van der Waals surface area contributed by atoms with E-state index in [0.29, 0.717) is 5.69 Å². The van der Waals surface area contributed by atoms with Crippen LogP contribution in [0.15, 0.2) is 194 Å². The second-order valence-electron chi connectivity index (χ2n) is 14.9. The van der Waals surface area contributed by atoms with Crippen molar-refractivity contribution < 1.29 is 0 Å². The summed E-state index contributed by atoms with van der Waals surface area (Å²) < 4.78 is 7.15. The Hall–Kier alpha value is -7.87. The molecule has 0 amide bonds. The van der Waals surface area contributed by atoms with Gasteiger partial charge in [0.05, 0.1) is 39.8 Å². The fraction of sp³-hybridized carbons (Fsp3) is 0. The maximum Gasteiger partial charge on any atom is 0.189 e. The molecule has 12 rings (SSSR count). The summed E-state index contributed by atoms with van der Waals surface area (Å²) in [5, 5.41) is 9.56. The van der Waals surface area contributed by atoms with Crippen LogP contribution in [0.25, 0.3) is 109 Å². The first-order valence-electron chi connectivity index (χ1n) is 19.3. The van der Waals surface area contributed by atoms with E-state index in [1.165, 1.54) is 54.5 Å². The highest BCUT2D eigenvalue weighted by Gasteiger charge is 2.20. The number of para-hydroxylation sites is 4. The zero-order valence-corrected chi connectivity index (χ0v) is 30.8. The van der Waals surface area contributed by atoms with Crippen LogP contribution in [0.1, 0.15) is 0 Å². The van der Waals surface area contributed by atoms with Gasteiger partial charge in [-0.25, -0.2) is 4.85 Å². The largest absolute Gasteiger partial charge is 0.310 e. The van der Waals surface area contributed by atoms with E-state index in [0.717, 1.165) is 49.9 Å². The van der Waals surface area contributed by atoms with Gasteiger partial charge in [0, 0.05) is 54.6 Å². The first kappa shape index (κ1) is 31.5. The van der Waals surface area contributed by atoms with Gasteiger partial charge < -0.3 is 13.7 Å². The summed E-state index contributed by atoms with van der Waals surface area (Å²) in [5.41, 5.74) is 13.2. The number of benzene rings is 9. The van der Waals surface area contributed by atoms with E-state index in [1.807, 2.05) is 12.1 Å². The van der Waals surface area contributed by atoms with E-state index in [2.05, 4.69) is 201 Å². The highest BCUT2D eigenvalue weighted by atomic mass is 15.0. The standard InChI is InChI=1S/C53H32N4/c1-54-37-25-27-45-42-18-8-11-21-48(42)56(52(45)32-37)39-29-36-13-5-6-16-40(36)53(33-39)57-49-22-12-9-19-43(49)46-30-34(24-28-50(46)57)35-23-26-44-41-17-7-10-20-47(41)55(51(44)31-35)38-14-3-2-4-15-38/h2-33H. The lowest BCUT2D eigenvalue weighted by atomic mass is 10.0. The average Bonchev–Trinajstić information content (AvgIpc) is 3.91. The molecular formula is C53H32N4. The molecule has 3 aromatic heterocycles. The molecule has 0 aliphatic carbocycles. The number of aromatic nitrogens is 3. The molecule has 0 bridgehead atoms. The van der Waals surface area contributed by atoms with Crippen LogP contribution in [0.3, 0.4) is 0 Å². The van der Waals surface area contributed by atoms with Crippen molar-refractivity contribution in [1.29, 1.82) is 0 Å². The van der Waals surface area contributed by atoms with Crippen LogP contribution in [-0.4, -0.2) is 13.7 Å². The minimum Gasteiger partial charge on any atom is -0.310 e. The summed E-state index contributed by atoms with van der Waals surface area (Å²) in [7, 11) is 0. The van der Waals surface area contributed by atoms with Gasteiger partial charge in [-0.05, 0) is 83.2 Å². The highest BCUT2D eigenvalue weighted by Crippen LogP contribution is 2.41. The Kier molecular flexibility index (Phi) is 6.66. The lowest BCUT2D eigenvalue weighted by molar-refractivity contribution is 1.15. The summed E-state index contributed by atoms with van der Waals surface area (Å²) in [4.78, 5) is 3.81. The van der Waals surface area contributed by atoms with Crippen molar-refractivity contribution in [2.24, 2.45) is 0 Å². The van der Waals surface area contributed by atoms with Crippen LogP contribution in [0.5, 0.6) is 0 Å². The smallest absolute Gasteiger partial charge is 0.189 e. The van der Waals surface area contributed by atoms with Gasteiger partial charge in [-0.1, -0.05) is 127 Å². The lowest BCUT2D eigenvalue weighted by Gasteiger charge is -2.16. The fourth-order valence-corrected chi connectivity index (χ4v) is 9.31. The summed E-state index contributed by atoms with van der Waals surface area (Å²) >= 11 is 0. The quantitative estimate of drug-likeness (QED) is 0.161. The van der Waals surface area contributed by atoms with Crippen LogP contribution in [0, 0.1) is 6.57 Å². The van der Waals surface area contributed by atoms with Crippen LogP contribution in [-0.2, 0) is 0 Å². The van der Waals surface area contributed by atoms with E-state index in [1.54, 1.807) is 0 Å². The van der Waals surface area contributed by atoms with Gasteiger partial charge in [0.1, 0.15) is 0 Å². The molecule has 0 saturated carbocycles. The molecule has 0 radical (unpaired) electrons. The molecule has 4 heteroatoms. The van der Waals surface area contributed by atoms with Crippen molar-refractivity contribution in [3.63, 3.8) is 0 Å². The van der Waals surface area contributed by atoms with Gasteiger partial charge in [-0.15, -0.1) is 0 Å². The maximum absolute atomic E-state index is 7.80. The van der Waals surface area contributed by atoms with E-state index in [9.17, 15) is 0 Å². The first-order valence-corrected chi connectivity index (χ1v) is 19.3. The first-order chi connectivity index (χ1) is 28.2. The normalized spacial score (nSPS) is 11.8. The topological polar surface area (TPSA) is 19.1 Å². The molecule has 0 N–H and O–H groups in total. The molecule has 0 spiro atoms. The van der Waals surface area contributed by atoms with Gasteiger partial charge in [-0.2, -0.15) is 0 Å². The Morgan fingerprint density at radius 2 is 0.825 bits per heavy atom. The highest BCUT2D eigenvalue weighted by molar-refractivity contribution is 6.14. The third-order valence-electron chi connectivity index (χ3n) is 11.8. The Balaban J connectivity index is 1.10. The van der Waals surface area contributed by atoms with Crippen molar-refractivity contribution in [1.82, 2.24) is 13.7 Å². The van der Waals surface area contributed by atoms with Gasteiger partial charge in [0.15, 0.2) is 5.69 Å². The summed E-state index contributed by atoms with van der Waals surface area (Å²) in [6.07, 6.45) is 0. The molecule has 4 nitrogen and oxygen atoms in total. The monoisotopic (exact) mass is 724 g/mol. The molecule has 0 fully saturated rings. The Morgan fingerprint density at radius 3 is 1.54 bits per heavy atom. The zero-order chi connectivity index (χ0) is 37.6. The lowest BCUT2D eigenvalue weighted by Crippen LogP contribution is -2.00. The van der Waals surface area contributed by atoms with Gasteiger partial charge in [0.25, 0.3) is 0 Å². The molecule has 3 heterocycles. The number of hydrogen-bond acceptors (Lipinski definition) is 0. The molecule has 0 atom stereocenters. The molecule has 0 unspecified atom stereocenters. The van der Waals surface area contributed by atoms with Gasteiger partial charge in [-0.3, -0.25) is 0 Å². The maximum atomic E-state index is 7.80. The average molecular weight is 725 g/mol. The second-order valence-corrected chi connectivity index (χ2v) is 14.9. The fourth-order valence-electron chi connectivity index (χ4n) is 9.31. The molecule has 12 aromatic rings. The van der Waals surface area contributed by atoms with Gasteiger partial charge >= 0.3 is 0 Å². The van der Waals surface area contributed by atoms with Crippen LogP contribution < -0.4 is 0 Å². The minimum atomic E-state index is 0.631. The van der Waals surface area contributed by atoms with Crippen molar-refractivity contribution in [2.45, 2.75) is 0 Å². The van der Waals surface area contributed by atoms with Crippen molar-refractivity contribution >= 4 is 81.9 Å². The van der Waals surface area contributed by atoms with Crippen molar-refractivity contribution in [3.8, 4) is 28.2 Å². The predicted octanol–water partition coefficient (Wildman–Crippen LogP) is 14.3. The molecule has 57 heavy (non-hydrogen) atoms. The Labute approximate surface area is 328 Å². The van der Waals surface area contributed by atoms with E-state index in [-0.39, 0.29) is 0 Å². The van der Waals surface area contributed by atoms with E-state index in [4.69, 9.17) is 6.57 Å². The minimum absolute atomic E-state index is 0.631. The number of hydrogen-bond donors (Lipinski definition) is 0. The van der Waals surface area contributed by atoms with Crippen LogP contribution in [0.4, 0.5) is 5.69 Å². The SMILES string of the molecule is [C-]#[N+]c1ccc2c3ccccc3n(-c3cc(-n4c5ccccc5c5cc(-c6ccc7c8ccccc8n(-c8ccccc8)c7c6)ccc54)c4ccccc4c3)c2c1. The predicted molar refractivity (Wildman–Crippen MR) is 239 cm³/mol. The Bertz CT molecular complexity index is 3650. The second kappa shape index (κ2) is 12.1. The zero-order valence-electron chi connectivity index (χ0n) is 30.8. The van der Waals surface area contributed by atoms with Gasteiger partial charge in [0.2, 0.25) is 0 Å². The van der Waals surface area contributed by atoms with E-state index >= 15 is 0 Å². The molecule has 0 saturated heterocycles. The number of rotatable bonds is 4. The summed E-state index contributed by atoms with van der Waals surface area (Å²) in [6, 6.07) is 69.8.